The van der Waals surface area contributed by atoms with E-state index >= 15 is 0 Å². The van der Waals surface area contributed by atoms with Gasteiger partial charge in [0.15, 0.2) is 17.3 Å². The third-order valence-electron chi connectivity index (χ3n) is 5.08. The first-order valence-corrected chi connectivity index (χ1v) is 9.52. The number of carbonyl (C=O) groups is 2. The van der Waals surface area contributed by atoms with Crippen molar-refractivity contribution in [3.8, 4) is 28.4 Å². The van der Waals surface area contributed by atoms with Gasteiger partial charge in [0, 0.05) is 23.0 Å². The summed E-state index contributed by atoms with van der Waals surface area (Å²) in [6, 6.07) is 9.46. The van der Waals surface area contributed by atoms with Gasteiger partial charge in [0.05, 0.1) is 27.2 Å². The monoisotopic (exact) mass is 398 g/mol. The zero-order chi connectivity index (χ0) is 21.2. The van der Waals surface area contributed by atoms with Gasteiger partial charge >= 0.3 is 5.97 Å². The Morgan fingerprint density at radius 3 is 2.41 bits per heavy atom. The van der Waals surface area contributed by atoms with Gasteiger partial charge in [-0.2, -0.15) is 0 Å². The molecule has 0 saturated carbocycles. The van der Waals surface area contributed by atoms with Crippen molar-refractivity contribution < 1.29 is 28.9 Å². The third-order valence-corrected chi connectivity index (χ3v) is 5.08. The highest BCUT2D eigenvalue weighted by Crippen LogP contribution is 2.45. The number of carbonyl (C=O) groups excluding carboxylic acids is 1. The van der Waals surface area contributed by atoms with Gasteiger partial charge in [-0.25, -0.2) is 0 Å². The molecule has 154 valence electrons. The van der Waals surface area contributed by atoms with Crippen molar-refractivity contribution in [1.29, 1.82) is 0 Å². The SMILES string of the molecule is COc1ccc(-c2ccc3c(c2)CCC3=O)c(OCC(C)(C)CC(=O)O)c1OC. The van der Waals surface area contributed by atoms with Crippen LogP contribution in [0.3, 0.4) is 0 Å². The van der Waals surface area contributed by atoms with Crippen LogP contribution in [0.4, 0.5) is 0 Å². The van der Waals surface area contributed by atoms with E-state index in [9.17, 15) is 9.59 Å². The van der Waals surface area contributed by atoms with Gasteiger partial charge in [-0.3, -0.25) is 9.59 Å². The van der Waals surface area contributed by atoms with Crippen LogP contribution in [0.1, 0.15) is 42.6 Å². The van der Waals surface area contributed by atoms with Gasteiger partial charge in [-0.15, -0.1) is 0 Å². The van der Waals surface area contributed by atoms with Crippen molar-refractivity contribution in [2.75, 3.05) is 20.8 Å². The minimum Gasteiger partial charge on any atom is -0.493 e. The van der Waals surface area contributed by atoms with Crippen molar-refractivity contribution >= 4 is 11.8 Å². The molecule has 0 heterocycles. The molecule has 6 nitrogen and oxygen atoms in total. The number of benzene rings is 2. The first-order chi connectivity index (χ1) is 13.8. The third kappa shape index (κ3) is 4.36. The van der Waals surface area contributed by atoms with Crippen LogP contribution in [0.25, 0.3) is 11.1 Å². The average molecular weight is 398 g/mol. The van der Waals surface area contributed by atoms with E-state index in [2.05, 4.69) is 0 Å². The quantitative estimate of drug-likeness (QED) is 0.711. The number of methoxy groups -OCH3 is 2. The highest BCUT2D eigenvalue weighted by atomic mass is 16.5. The number of hydrogen-bond donors (Lipinski definition) is 1. The van der Waals surface area contributed by atoms with Gasteiger partial charge in [0.1, 0.15) is 0 Å². The fourth-order valence-corrected chi connectivity index (χ4v) is 3.62. The van der Waals surface area contributed by atoms with Gasteiger partial charge < -0.3 is 19.3 Å². The van der Waals surface area contributed by atoms with E-state index in [1.54, 1.807) is 7.11 Å². The molecule has 0 radical (unpaired) electrons. The number of rotatable bonds is 8. The summed E-state index contributed by atoms with van der Waals surface area (Å²) in [4.78, 5) is 23.1. The van der Waals surface area contributed by atoms with Crippen molar-refractivity contribution in [2.45, 2.75) is 33.1 Å². The lowest BCUT2D eigenvalue weighted by Gasteiger charge is -2.25. The van der Waals surface area contributed by atoms with Crippen molar-refractivity contribution in [3.05, 3.63) is 41.5 Å². The van der Waals surface area contributed by atoms with Crippen LogP contribution < -0.4 is 14.2 Å². The lowest BCUT2D eigenvalue weighted by Crippen LogP contribution is -2.25. The first-order valence-electron chi connectivity index (χ1n) is 9.52. The van der Waals surface area contributed by atoms with Gasteiger partial charge in [-0.05, 0) is 29.7 Å². The molecule has 0 spiro atoms. The summed E-state index contributed by atoms with van der Waals surface area (Å²) in [6.07, 6.45) is 1.25. The summed E-state index contributed by atoms with van der Waals surface area (Å²) < 4.78 is 17.1. The molecular weight excluding hydrogens is 372 g/mol. The minimum absolute atomic E-state index is 0.0183. The molecule has 6 heteroatoms. The number of ether oxygens (including phenoxy) is 3. The standard InChI is InChI=1S/C23H26O6/c1-23(2,12-20(25)26)13-29-21-17(8-10-19(27-3)22(21)28-4)15-5-7-16-14(11-15)6-9-18(16)24/h5,7-8,10-11H,6,9,12-13H2,1-4H3,(H,25,26). The van der Waals surface area contributed by atoms with Crippen LogP contribution in [0.5, 0.6) is 17.2 Å². The number of aryl methyl sites for hydroxylation is 1. The summed E-state index contributed by atoms with van der Waals surface area (Å²) in [5, 5.41) is 9.15. The molecule has 29 heavy (non-hydrogen) atoms. The number of carboxylic acid groups (broad SMARTS) is 1. The van der Waals surface area contributed by atoms with Crippen molar-refractivity contribution in [1.82, 2.24) is 0 Å². The normalized spacial score (nSPS) is 13.2. The van der Waals surface area contributed by atoms with E-state index in [1.807, 2.05) is 44.2 Å². The van der Waals surface area contributed by atoms with Gasteiger partial charge in [-0.1, -0.05) is 32.0 Å². The lowest BCUT2D eigenvalue weighted by molar-refractivity contribution is -0.139. The topological polar surface area (TPSA) is 82.1 Å². The van der Waals surface area contributed by atoms with Crippen LogP contribution in [0.2, 0.25) is 0 Å². The van der Waals surface area contributed by atoms with Gasteiger partial charge in [0.25, 0.3) is 0 Å². The molecule has 1 aliphatic rings. The Kier molecular flexibility index (Phi) is 5.82. The van der Waals surface area contributed by atoms with Crippen molar-refractivity contribution in [2.24, 2.45) is 5.41 Å². The Morgan fingerprint density at radius 1 is 1.03 bits per heavy atom. The van der Waals surface area contributed by atoms with Crippen LogP contribution in [-0.2, 0) is 11.2 Å². The molecule has 0 atom stereocenters. The molecule has 2 aromatic rings. The summed E-state index contributed by atoms with van der Waals surface area (Å²) in [6.45, 7) is 3.88. The second-order valence-electron chi connectivity index (χ2n) is 8.00. The number of Topliss-reactive ketones (excluding diaryl/α,β-unsaturated/α-hetero) is 1. The molecule has 0 bridgehead atoms. The highest BCUT2D eigenvalue weighted by molar-refractivity contribution is 6.01. The molecule has 3 rings (SSSR count). The summed E-state index contributed by atoms with van der Waals surface area (Å²) in [5.74, 6) is 0.770. The number of hydrogen-bond acceptors (Lipinski definition) is 5. The van der Waals surface area contributed by atoms with Crippen molar-refractivity contribution in [3.63, 3.8) is 0 Å². The van der Waals surface area contributed by atoms with E-state index < -0.39 is 11.4 Å². The maximum atomic E-state index is 12.0. The Morgan fingerprint density at radius 2 is 1.76 bits per heavy atom. The van der Waals surface area contributed by atoms with Crippen LogP contribution in [0.15, 0.2) is 30.3 Å². The fourth-order valence-electron chi connectivity index (χ4n) is 3.62. The second-order valence-corrected chi connectivity index (χ2v) is 8.00. The van der Waals surface area contributed by atoms with Crippen LogP contribution in [-0.4, -0.2) is 37.7 Å². The Hall–Kier alpha value is -3.02. The molecule has 0 aliphatic heterocycles. The van der Waals surface area contributed by atoms with E-state index in [1.165, 1.54) is 7.11 Å². The minimum atomic E-state index is -0.875. The largest absolute Gasteiger partial charge is 0.493 e. The molecule has 0 saturated heterocycles. The van der Waals surface area contributed by atoms with E-state index in [-0.39, 0.29) is 18.8 Å². The zero-order valence-electron chi connectivity index (χ0n) is 17.2. The number of aliphatic carboxylic acids is 1. The maximum Gasteiger partial charge on any atom is 0.304 e. The summed E-state index contributed by atoms with van der Waals surface area (Å²) in [7, 11) is 3.09. The summed E-state index contributed by atoms with van der Waals surface area (Å²) in [5.41, 5.74) is 2.95. The Bertz CT molecular complexity index is 945. The predicted molar refractivity (Wildman–Crippen MR) is 109 cm³/mol. The highest BCUT2D eigenvalue weighted by Gasteiger charge is 2.26. The Labute approximate surface area is 170 Å². The second kappa shape index (κ2) is 8.15. The molecule has 1 N–H and O–H groups in total. The summed E-state index contributed by atoms with van der Waals surface area (Å²) >= 11 is 0. The Balaban J connectivity index is 2.03. The van der Waals surface area contributed by atoms with E-state index in [4.69, 9.17) is 19.3 Å². The number of fused-ring (bicyclic) bond motifs is 1. The average Bonchev–Trinajstić information content (AvgIpc) is 3.04. The van der Waals surface area contributed by atoms with Crippen LogP contribution >= 0.6 is 0 Å². The predicted octanol–water partition coefficient (Wildman–Crippen LogP) is 4.38. The molecular formula is C23H26O6. The zero-order valence-corrected chi connectivity index (χ0v) is 17.2. The van der Waals surface area contributed by atoms with Crippen LogP contribution in [0, 0.1) is 5.41 Å². The number of carboxylic acids is 1. The molecule has 1 aliphatic carbocycles. The smallest absolute Gasteiger partial charge is 0.304 e. The van der Waals surface area contributed by atoms with Gasteiger partial charge in [0.2, 0.25) is 5.75 Å². The fraction of sp³-hybridized carbons (Fsp3) is 0.391. The molecule has 0 aromatic heterocycles. The first kappa shape index (κ1) is 20.7. The lowest BCUT2D eigenvalue weighted by atomic mass is 9.90. The maximum absolute atomic E-state index is 12.0. The molecule has 2 aromatic carbocycles. The molecule has 0 unspecified atom stereocenters. The number of ketones is 1. The van der Waals surface area contributed by atoms with E-state index in [0.29, 0.717) is 23.7 Å². The van der Waals surface area contributed by atoms with E-state index in [0.717, 1.165) is 28.7 Å². The molecule has 0 fully saturated rings. The molecule has 0 amide bonds.